The Labute approximate surface area is 206 Å². The molecule has 35 heavy (non-hydrogen) atoms. The molecule has 0 bridgehead atoms. The molecule has 0 saturated carbocycles. The number of nitrogens with zero attached hydrogens (tertiary/aromatic N) is 2. The number of aryl methyl sites for hydroxylation is 2. The Bertz CT molecular complexity index is 1460. The molecule has 6 nitrogen and oxygen atoms in total. The summed E-state index contributed by atoms with van der Waals surface area (Å²) in [4.78, 5) is 12.9. The largest absolute Gasteiger partial charge is 0.272 e. The van der Waals surface area contributed by atoms with Crippen LogP contribution >= 0.6 is 0 Å². The maximum Gasteiger partial charge on any atom is 0.255 e. The van der Waals surface area contributed by atoms with Gasteiger partial charge in [-0.3, -0.25) is 4.79 Å². The van der Waals surface area contributed by atoms with Gasteiger partial charge in [-0.15, -0.1) is 0 Å². The maximum atomic E-state index is 13.4. The van der Waals surface area contributed by atoms with Crippen molar-refractivity contribution >= 4 is 32.9 Å². The highest BCUT2D eigenvalue weighted by molar-refractivity contribution is 7.89. The van der Waals surface area contributed by atoms with Crippen molar-refractivity contribution in [2.24, 2.45) is 5.10 Å². The standard InChI is InChI=1S/C28H27N3O3S/c1-21-10-14-23(15-11-21)19-31(35(33,34)26-16-12-22(2)13-17-26)20-28(32)30-29-18-25-8-5-7-24-6-3-4-9-27(24)25/h3-18H,19-20H2,1-2H3,(H,30,32)/b29-18-. The first-order valence-corrected chi connectivity index (χ1v) is 12.7. The second-order valence-electron chi connectivity index (χ2n) is 8.43. The number of hydrazone groups is 1. The molecule has 1 N–H and O–H groups in total. The third-order valence-electron chi connectivity index (χ3n) is 5.67. The molecule has 0 aliphatic heterocycles. The number of benzene rings is 4. The number of amides is 1. The summed E-state index contributed by atoms with van der Waals surface area (Å²) in [5, 5.41) is 6.16. The summed E-state index contributed by atoms with van der Waals surface area (Å²) >= 11 is 0. The van der Waals surface area contributed by atoms with Gasteiger partial charge in [0, 0.05) is 12.1 Å². The van der Waals surface area contributed by atoms with E-state index >= 15 is 0 Å². The first kappa shape index (κ1) is 24.3. The van der Waals surface area contributed by atoms with Gasteiger partial charge >= 0.3 is 0 Å². The molecule has 0 unspecified atom stereocenters. The van der Waals surface area contributed by atoms with Gasteiger partial charge in [-0.2, -0.15) is 9.41 Å². The molecule has 0 aliphatic rings. The normalized spacial score (nSPS) is 11.9. The zero-order chi connectivity index (χ0) is 24.8. The van der Waals surface area contributed by atoms with E-state index in [-0.39, 0.29) is 18.0 Å². The summed E-state index contributed by atoms with van der Waals surface area (Å²) in [6.07, 6.45) is 1.57. The van der Waals surface area contributed by atoms with Gasteiger partial charge in [-0.05, 0) is 42.3 Å². The third-order valence-corrected chi connectivity index (χ3v) is 7.48. The number of hydrogen-bond donors (Lipinski definition) is 1. The summed E-state index contributed by atoms with van der Waals surface area (Å²) in [7, 11) is -3.91. The van der Waals surface area contributed by atoms with Crippen LogP contribution in [0.4, 0.5) is 0 Å². The van der Waals surface area contributed by atoms with Gasteiger partial charge < -0.3 is 0 Å². The van der Waals surface area contributed by atoms with E-state index in [2.05, 4.69) is 10.5 Å². The van der Waals surface area contributed by atoms with E-state index in [1.54, 1.807) is 30.5 Å². The molecule has 0 fully saturated rings. The lowest BCUT2D eigenvalue weighted by atomic mass is 10.1. The second-order valence-corrected chi connectivity index (χ2v) is 10.4. The van der Waals surface area contributed by atoms with E-state index < -0.39 is 15.9 Å². The number of hydrogen-bond acceptors (Lipinski definition) is 4. The highest BCUT2D eigenvalue weighted by Crippen LogP contribution is 2.20. The Morgan fingerprint density at radius 3 is 2.20 bits per heavy atom. The average Bonchev–Trinajstić information content (AvgIpc) is 2.85. The van der Waals surface area contributed by atoms with Crippen molar-refractivity contribution in [2.45, 2.75) is 25.3 Å². The molecule has 0 aromatic heterocycles. The molecule has 4 rings (SSSR count). The fourth-order valence-electron chi connectivity index (χ4n) is 3.71. The van der Waals surface area contributed by atoms with Crippen LogP contribution in [-0.4, -0.2) is 31.4 Å². The van der Waals surface area contributed by atoms with Crippen LogP contribution in [-0.2, 0) is 21.4 Å². The van der Waals surface area contributed by atoms with E-state index in [4.69, 9.17) is 0 Å². The minimum atomic E-state index is -3.91. The zero-order valence-corrected chi connectivity index (χ0v) is 20.5. The maximum absolute atomic E-state index is 13.4. The van der Waals surface area contributed by atoms with Crippen LogP contribution in [0.5, 0.6) is 0 Å². The Morgan fingerprint density at radius 1 is 0.857 bits per heavy atom. The molecule has 0 spiro atoms. The van der Waals surface area contributed by atoms with Gasteiger partial charge in [-0.25, -0.2) is 13.8 Å². The second kappa shape index (κ2) is 10.6. The minimum Gasteiger partial charge on any atom is -0.272 e. The molecule has 0 heterocycles. The van der Waals surface area contributed by atoms with E-state index in [9.17, 15) is 13.2 Å². The van der Waals surface area contributed by atoms with Gasteiger partial charge in [0.2, 0.25) is 10.0 Å². The smallest absolute Gasteiger partial charge is 0.255 e. The van der Waals surface area contributed by atoms with Crippen LogP contribution in [0.3, 0.4) is 0 Å². The molecule has 1 amide bonds. The minimum absolute atomic E-state index is 0.0664. The predicted molar refractivity (Wildman–Crippen MR) is 140 cm³/mol. The lowest BCUT2D eigenvalue weighted by Crippen LogP contribution is -2.39. The number of carbonyl (C=O) groups is 1. The Kier molecular flexibility index (Phi) is 7.39. The summed E-state index contributed by atoms with van der Waals surface area (Å²) in [6.45, 7) is 3.56. The van der Waals surface area contributed by atoms with Crippen LogP contribution in [0.2, 0.25) is 0 Å². The fraction of sp³-hybridized carbons (Fsp3) is 0.143. The van der Waals surface area contributed by atoms with Crippen LogP contribution in [0.25, 0.3) is 10.8 Å². The Morgan fingerprint density at radius 2 is 1.49 bits per heavy atom. The van der Waals surface area contributed by atoms with Crippen molar-refractivity contribution in [1.82, 2.24) is 9.73 Å². The van der Waals surface area contributed by atoms with Crippen molar-refractivity contribution in [2.75, 3.05) is 6.54 Å². The number of nitrogens with one attached hydrogen (secondary N) is 1. The SMILES string of the molecule is Cc1ccc(CN(CC(=O)N/N=C\c2cccc3ccccc23)S(=O)(=O)c2ccc(C)cc2)cc1. The molecule has 0 radical (unpaired) electrons. The van der Waals surface area contributed by atoms with E-state index in [1.807, 2.05) is 80.6 Å². The fourth-order valence-corrected chi connectivity index (χ4v) is 5.10. The lowest BCUT2D eigenvalue weighted by Gasteiger charge is -2.21. The highest BCUT2D eigenvalue weighted by atomic mass is 32.2. The number of rotatable bonds is 8. The molecule has 7 heteroatoms. The first-order valence-electron chi connectivity index (χ1n) is 11.2. The summed E-state index contributed by atoms with van der Waals surface area (Å²) in [5.74, 6) is -0.524. The Hall–Kier alpha value is -3.81. The van der Waals surface area contributed by atoms with Gasteiger partial charge in [0.1, 0.15) is 0 Å². The molecule has 0 saturated heterocycles. The number of sulfonamides is 1. The van der Waals surface area contributed by atoms with E-state index in [0.717, 1.165) is 33.0 Å². The summed E-state index contributed by atoms with van der Waals surface area (Å²) in [5.41, 5.74) is 6.15. The van der Waals surface area contributed by atoms with Crippen molar-refractivity contribution < 1.29 is 13.2 Å². The van der Waals surface area contributed by atoms with Crippen LogP contribution < -0.4 is 5.43 Å². The van der Waals surface area contributed by atoms with Crippen molar-refractivity contribution in [3.63, 3.8) is 0 Å². The highest BCUT2D eigenvalue weighted by Gasteiger charge is 2.27. The molecule has 4 aromatic rings. The topological polar surface area (TPSA) is 78.8 Å². The van der Waals surface area contributed by atoms with E-state index in [0.29, 0.717) is 0 Å². The monoisotopic (exact) mass is 485 g/mol. The molecular weight excluding hydrogens is 458 g/mol. The summed E-state index contributed by atoms with van der Waals surface area (Å²) in [6, 6.07) is 27.9. The van der Waals surface area contributed by atoms with Crippen molar-refractivity contribution in [1.29, 1.82) is 0 Å². The third kappa shape index (κ3) is 6.01. The van der Waals surface area contributed by atoms with Gasteiger partial charge in [0.15, 0.2) is 0 Å². The number of carbonyl (C=O) groups excluding carboxylic acids is 1. The van der Waals surface area contributed by atoms with Gasteiger partial charge in [0.05, 0.1) is 17.7 Å². The quantitative estimate of drug-likeness (QED) is 0.288. The molecule has 4 aromatic carbocycles. The van der Waals surface area contributed by atoms with Gasteiger partial charge in [-0.1, -0.05) is 90.0 Å². The zero-order valence-electron chi connectivity index (χ0n) is 19.7. The van der Waals surface area contributed by atoms with Crippen molar-refractivity contribution in [3.05, 3.63) is 113 Å². The van der Waals surface area contributed by atoms with E-state index in [1.165, 1.54) is 4.31 Å². The molecule has 0 atom stereocenters. The molecule has 178 valence electrons. The molecule has 0 aliphatic carbocycles. The average molecular weight is 486 g/mol. The van der Waals surface area contributed by atoms with Crippen LogP contribution in [0.15, 0.2) is 101 Å². The van der Waals surface area contributed by atoms with Crippen molar-refractivity contribution in [3.8, 4) is 0 Å². The predicted octanol–water partition coefficient (Wildman–Crippen LogP) is 4.80. The van der Waals surface area contributed by atoms with Gasteiger partial charge in [0.25, 0.3) is 5.91 Å². The Balaban J connectivity index is 1.53. The molecular formula is C28H27N3O3S. The number of fused-ring (bicyclic) bond motifs is 1. The summed E-state index contributed by atoms with van der Waals surface area (Å²) < 4.78 is 28.0. The van der Waals surface area contributed by atoms with Crippen LogP contribution in [0.1, 0.15) is 22.3 Å². The lowest BCUT2D eigenvalue weighted by molar-refractivity contribution is -0.121. The first-order chi connectivity index (χ1) is 16.8. The van der Waals surface area contributed by atoms with Crippen LogP contribution in [0, 0.1) is 13.8 Å².